The van der Waals surface area contributed by atoms with Gasteiger partial charge in [0.1, 0.15) is 18.1 Å². The quantitative estimate of drug-likeness (QED) is 0.0414. The molecular weight excluding hydrogens is 731 g/mol. The predicted octanol–water partition coefficient (Wildman–Crippen LogP) is 14.1. The van der Waals surface area contributed by atoms with Crippen molar-refractivity contribution >= 4 is 22.6 Å². The summed E-state index contributed by atoms with van der Waals surface area (Å²) in [6, 6.07) is 5.84. The molecule has 328 valence electrons. The molecule has 0 aliphatic rings. The lowest BCUT2D eigenvalue weighted by Gasteiger charge is -2.42. The van der Waals surface area contributed by atoms with E-state index in [0.29, 0.717) is 46.5 Å². The maximum atomic E-state index is 11.7. The van der Waals surface area contributed by atoms with Crippen molar-refractivity contribution in [1.29, 1.82) is 0 Å². The molecule has 0 spiro atoms. The smallest absolute Gasteiger partial charge is 0.320 e. The normalized spacial score (nSPS) is 12.6. The summed E-state index contributed by atoms with van der Waals surface area (Å²) in [5.74, 6) is 1.10. The average molecular weight is 822 g/mol. The highest BCUT2D eigenvalue weighted by molar-refractivity contribution is 6.78. The van der Waals surface area contributed by atoms with Gasteiger partial charge in [-0.3, -0.25) is 4.79 Å². The third-order valence-electron chi connectivity index (χ3n) is 12.3. The topological polar surface area (TPSA) is 89.2 Å². The lowest BCUT2D eigenvalue weighted by molar-refractivity contribution is -0.143. The number of carbonyl (C=O) groups excluding carboxylic acids is 1. The van der Waals surface area contributed by atoms with Crippen molar-refractivity contribution < 1.29 is 27.9 Å². The number of hydrogen-bond donors (Lipinski definition) is 1. The van der Waals surface area contributed by atoms with Crippen LogP contribution in [0.2, 0.25) is 33.2 Å². The van der Waals surface area contributed by atoms with Gasteiger partial charge in [-0.05, 0) is 71.1 Å². The zero-order valence-corrected chi connectivity index (χ0v) is 40.8. The maximum absolute atomic E-state index is 11.7. The third kappa shape index (κ3) is 18.7. The molecule has 0 aliphatic carbocycles. The van der Waals surface area contributed by atoms with Gasteiger partial charge in [-0.25, -0.2) is 0 Å². The summed E-state index contributed by atoms with van der Waals surface area (Å²) >= 11 is 0. The molecule has 0 radical (unpaired) electrons. The van der Waals surface area contributed by atoms with Gasteiger partial charge >= 0.3 is 5.97 Å². The van der Waals surface area contributed by atoms with Crippen LogP contribution in [0.5, 0.6) is 11.5 Å². The Balaban J connectivity index is 2.32. The molecule has 2 N–H and O–H groups in total. The number of esters is 1. The largest absolute Gasteiger partial charge is 0.493 e. The molecule has 0 bridgehead atoms. The van der Waals surface area contributed by atoms with Crippen molar-refractivity contribution in [3.05, 3.63) is 23.8 Å². The summed E-state index contributed by atoms with van der Waals surface area (Å²) < 4.78 is 31.1. The summed E-state index contributed by atoms with van der Waals surface area (Å²) in [7, 11) is -3.47. The molecule has 0 saturated heterocycles. The second-order valence-corrected chi connectivity index (χ2v) is 29.2. The van der Waals surface area contributed by atoms with Crippen LogP contribution in [0.4, 0.5) is 0 Å². The average Bonchev–Trinajstić information content (AvgIpc) is 3.13. The molecule has 0 fully saturated rings. The molecule has 0 atom stereocenters. The van der Waals surface area contributed by atoms with E-state index in [1.54, 1.807) is 0 Å². The van der Waals surface area contributed by atoms with Crippen LogP contribution in [0.1, 0.15) is 191 Å². The van der Waals surface area contributed by atoms with Crippen molar-refractivity contribution in [3.63, 3.8) is 0 Å². The van der Waals surface area contributed by atoms with Gasteiger partial charge in [0.2, 0.25) is 0 Å². The molecule has 1 rings (SSSR count). The zero-order valence-electron chi connectivity index (χ0n) is 38.8. The van der Waals surface area contributed by atoms with Gasteiger partial charge in [0.05, 0.1) is 19.8 Å². The van der Waals surface area contributed by atoms with Crippen molar-refractivity contribution in [2.45, 2.75) is 226 Å². The van der Waals surface area contributed by atoms with E-state index in [-0.39, 0.29) is 13.2 Å². The fourth-order valence-electron chi connectivity index (χ4n) is 9.50. The van der Waals surface area contributed by atoms with Crippen LogP contribution in [-0.2, 0) is 25.0 Å². The van der Waals surface area contributed by atoms with Gasteiger partial charge in [-0.1, -0.05) is 160 Å². The van der Waals surface area contributed by atoms with E-state index < -0.39 is 22.6 Å². The van der Waals surface area contributed by atoms with Crippen LogP contribution in [0.3, 0.4) is 0 Å². The van der Waals surface area contributed by atoms with Crippen LogP contribution in [0.15, 0.2) is 18.2 Å². The van der Waals surface area contributed by atoms with Crippen LogP contribution in [-0.4, -0.2) is 55.6 Å². The van der Waals surface area contributed by atoms with Crippen LogP contribution in [0, 0.1) is 0 Å². The Bertz CT molecular complexity index is 1100. The van der Waals surface area contributed by atoms with E-state index in [4.69, 9.17) is 28.8 Å². The number of benzene rings is 1. The highest BCUT2D eigenvalue weighted by Crippen LogP contribution is 2.43. The molecule has 0 aromatic heterocycles. The number of nitrogens with two attached hydrogens (primary N) is 1. The summed E-state index contributed by atoms with van der Waals surface area (Å²) in [4.78, 5) is 11.7. The molecule has 0 aliphatic heterocycles. The molecule has 9 heteroatoms. The fraction of sp³-hybridized carbons (Fsp3) is 0.851. The van der Waals surface area contributed by atoms with E-state index in [0.717, 1.165) is 56.0 Å². The Morgan fingerprint density at radius 2 is 0.839 bits per heavy atom. The Morgan fingerprint density at radius 3 is 1.20 bits per heavy atom. The SMILES string of the molecule is CC(C)[Si](OCCCCCCCCCCCOc1ccc(COC(=O)CN)c(OCCCCCCCCCO[Si](C(C)C)(C(C)C)C(C)C)c1)(C(C)C)C(C)C. The lowest BCUT2D eigenvalue weighted by atomic mass is 10.1. The van der Waals surface area contributed by atoms with Crippen molar-refractivity contribution in [1.82, 2.24) is 0 Å². The lowest BCUT2D eigenvalue weighted by Crippen LogP contribution is -2.47. The zero-order chi connectivity index (χ0) is 42.0. The first-order valence-corrected chi connectivity index (χ1v) is 27.5. The molecule has 0 heterocycles. The Kier molecular flexibility index (Phi) is 28.0. The molecule has 0 saturated carbocycles. The summed E-state index contributed by atoms with van der Waals surface area (Å²) in [5.41, 5.74) is 10.2. The number of rotatable bonds is 35. The third-order valence-corrected chi connectivity index (χ3v) is 24.6. The van der Waals surface area contributed by atoms with Crippen molar-refractivity contribution in [2.75, 3.05) is 33.0 Å². The first kappa shape index (κ1) is 52.6. The molecule has 0 unspecified atom stereocenters. The molecule has 1 aromatic carbocycles. The van der Waals surface area contributed by atoms with Crippen LogP contribution in [0.25, 0.3) is 0 Å². The Morgan fingerprint density at radius 1 is 0.500 bits per heavy atom. The summed E-state index contributed by atoms with van der Waals surface area (Å²) in [6.45, 7) is 31.6. The minimum atomic E-state index is -1.75. The van der Waals surface area contributed by atoms with Crippen LogP contribution < -0.4 is 15.2 Å². The second kappa shape index (κ2) is 29.8. The van der Waals surface area contributed by atoms with Gasteiger partial charge in [0.15, 0.2) is 16.6 Å². The number of unbranched alkanes of at least 4 members (excludes halogenated alkanes) is 14. The predicted molar refractivity (Wildman–Crippen MR) is 244 cm³/mol. The molecule has 56 heavy (non-hydrogen) atoms. The Labute approximate surface area is 348 Å². The number of carbonyl (C=O) groups is 1. The van der Waals surface area contributed by atoms with Gasteiger partial charge in [-0.2, -0.15) is 0 Å². The van der Waals surface area contributed by atoms with E-state index >= 15 is 0 Å². The van der Waals surface area contributed by atoms with Gasteiger partial charge < -0.3 is 28.8 Å². The van der Waals surface area contributed by atoms with Crippen molar-refractivity contribution in [2.24, 2.45) is 5.73 Å². The van der Waals surface area contributed by atoms with E-state index in [1.165, 1.54) is 77.0 Å². The Hall–Kier alpha value is -1.40. The summed E-state index contributed by atoms with van der Waals surface area (Å²) in [5, 5.41) is 0. The number of ether oxygens (including phenoxy) is 3. The van der Waals surface area contributed by atoms with Gasteiger partial charge in [0, 0.05) is 24.8 Å². The summed E-state index contributed by atoms with van der Waals surface area (Å²) in [6.07, 6.45) is 19.4. The van der Waals surface area contributed by atoms with Gasteiger partial charge in [0.25, 0.3) is 0 Å². The molecule has 0 amide bonds. The standard InChI is InChI=1S/C47H91NO6Si2/c1-38(2)55(39(3)4,40(5)6)53-33-27-23-19-15-13-14-17-21-25-31-50-45-30-29-44(37-52-47(49)36-48)46(35-45)51-32-26-22-18-16-20-24-28-34-54-56(41(7)8,42(9)10)43(11)12/h29-30,35,38-43H,13-28,31-34,36-37,48H2,1-12H3. The van der Waals surface area contributed by atoms with E-state index in [2.05, 4.69) is 83.1 Å². The molecule has 1 aromatic rings. The number of hydrogen-bond acceptors (Lipinski definition) is 7. The second-order valence-electron chi connectivity index (χ2n) is 18.3. The minimum Gasteiger partial charge on any atom is -0.493 e. The monoisotopic (exact) mass is 822 g/mol. The molecule has 7 nitrogen and oxygen atoms in total. The highest BCUT2D eigenvalue weighted by Gasteiger charge is 2.45. The van der Waals surface area contributed by atoms with E-state index in [9.17, 15) is 4.79 Å². The minimum absolute atomic E-state index is 0.131. The fourth-order valence-corrected chi connectivity index (χ4v) is 20.5. The first-order chi connectivity index (χ1) is 26.7. The van der Waals surface area contributed by atoms with Crippen molar-refractivity contribution in [3.8, 4) is 11.5 Å². The molecular formula is C47H91NO6Si2. The van der Waals surface area contributed by atoms with Gasteiger partial charge in [-0.15, -0.1) is 0 Å². The first-order valence-electron chi connectivity index (χ1n) is 23.2. The maximum Gasteiger partial charge on any atom is 0.320 e. The van der Waals surface area contributed by atoms with E-state index in [1.807, 2.05) is 18.2 Å². The highest BCUT2D eigenvalue weighted by atomic mass is 28.4. The van der Waals surface area contributed by atoms with Crippen LogP contribution >= 0.6 is 0 Å².